The molecule has 9 aromatic carbocycles. The second-order valence-corrected chi connectivity index (χ2v) is 15.1. The molecule has 10 aromatic rings. The highest BCUT2D eigenvalue weighted by Crippen LogP contribution is 2.59. The largest absolute Gasteiger partial charge is 0.208 e. The lowest BCUT2D eigenvalue weighted by atomic mass is 9.67. The van der Waals surface area contributed by atoms with E-state index in [0.717, 1.165) is 49.7 Å². The van der Waals surface area contributed by atoms with E-state index in [0.29, 0.717) is 17.5 Å². The molecule has 0 aliphatic heterocycles. The van der Waals surface area contributed by atoms with Crippen molar-refractivity contribution in [3.8, 4) is 67.5 Å². The van der Waals surface area contributed by atoms with E-state index in [9.17, 15) is 0 Å². The number of nitrogens with zero attached hydrogens (tertiary/aromatic N) is 3. The highest BCUT2D eigenvalue weighted by molar-refractivity contribution is 6.06. The molecule has 0 radical (unpaired) electrons. The second kappa shape index (κ2) is 14.3. The molecule has 1 aliphatic rings. The summed E-state index contributed by atoms with van der Waals surface area (Å²) in [6, 6.07) is 80.0. The van der Waals surface area contributed by atoms with Gasteiger partial charge in [-0.15, -0.1) is 0 Å². The highest BCUT2D eigenvalue weighted by Gasteiger charge is 2.46. The van der Waals surface area contributed by atoms with Crippen molar-refractivity contribution in [3.05, 3.63) is 247 Å². The van der Waals surface area contributed by atoms with Gasteiger partial charge in [0.05, 0.1) is 5.41 Å². The van der Waals surface area contributed by atoms with Gasteiger partial charge in [-0.25, -0.2) is 15.0 Å². The zero-order valence-corrected chi connectivity index (χ0v) is 32.2. The minimum Gasteiger partial charge on any atom is -0.208 e. The van der Waals surface area contributed by atoms with Gasteiger partial charge in [0, 0.05) is 16.7 Å². The van der Waals surface area contributed by atoms with Crippen LogP contribution in [0.1, 0.15) is 22.3 Å². The van der Waals surface area contributed by atoms with E-state index in [2.05, 4.69) is 200 Å². The van der Waals surface area contributed by atoms with E-state index in [1.807, 2.05) is 24.3 Å². The van der Waals surface area contributed by atoms with Crippen LogP contribution in [-0.2, 0) is 5.41 Å². The first-order valence-corrected chi connectivity index (χ1v) is 20.1. The van der Waals surface area contributed by atoms with Crippen LogP contribution < -0.4 is 0 Å². The summed E-state index contributed by atoms with van der Waals surface area (Å²) in [7, 11) is 0. The molecular formula is C56H37N3. The van der Waals surface area contributed by atoms with Gasteiger partial charge >= 0.3 is 0 Å². The van der Waals surface area contributed by atoms with Crippen LogP contribution in [0.3, 0.4) is 0 Å². The molecule has 0 bridgehead atoms. The molecule has 0 amide bonds. The van der Waals surface area contributed by atoms with Crippen molar-refractivity contribution in [2.24, 2.45) is 0 Å². The van der Waals surface area contributed by atoms with E-state index in [-0.39, 0.29) is 0 Å². The molecular weight excluding hydrogens is 715 g/mol. The lowest BCUT2D eigenvalue weighted by molar-refractivity contribution is 0.768. The Kier molecular flexibility index (Phi) is 8.37. The molecule has 1 aliphatic carbocycles. The first-order chi connectivity index (χ1) is 29.3. The third kappa shape index (κ3) is 5.70. The standard InChI is InChI=1S/C56H37N3/c1-5-19-38(20-6-1)41-24-17-25-42(37-41)54-57-53(40-22-7-2-8-23-40)58-55(59-54)52-45-30-14-13-21-39(45)35-36-47(52)46-32-18-34-50-51(46)48-31-15-16-33-49(48)56(50,43-26-9-3-10-27-43)44-28-11-4-12-29-44/h1-37H. The zero-order valence-electron chi connectivity index (χ0n) is 32.2. The Morgan fingerprint density at radius 3 is 1.51 bits per heavy atom. The van der Waals surface area contributed by atoms with Gasteiger partial charge in [-0.3, -0.25) is 0 Å². The average Bonchev–Trinajstić information content (AvgIpc) is 3.63. The fourth-order valence-corrected chi connectivity index (χ4v) is 9.26. The molecule has 0 saturated heterocycles. The van der Waals surface area contributed by atoms with Gasteiger partial charge in [-0.05, 0) is 72.5 Å². The van der Waals surface area contributed by atoms with E-state index >= 15 is 0 Å². The summed E-state index contributed by atoms with van der Waals surface area (Å²) in [5.74, 6) is 1.89. The maximum Gasteiger partial charge on any atom is 0.165 e. The van der Waals surface area contributed by atoms with Gasteiger partial charge in [-0.2, -0.15) is 0 Å². The highest BCUT2D eigenvalue weighted by atomic mass is 15.0. The van der Waals surface area contributed by atoms with Gasteiger partial charge in [0.15, 0.2) is 17.5 Å². The minimum atomic E-state index is -0.522. The monoisotopic (exact) mass is 751 g/mol. The number of rotatable bonds is 7. The van der Waals surface area contributed by atoms with Crippen LogP contribution in [-0.4, -0.2) is 15.0 Å². The lowest BCUT2D eigenvalue weighted by Crippen LogP contribution is -2.28. The number of hydrogen-bond acceptors (Lipinski definition) is 3. The molecule has 1 heterocycles. The molecule has 0 N–H and O–H groups in total. The molecule has 3 heteroatoms. The first-order valence-electron chi connectivity index (χ1n) is 20.1. The van der Waals surface area contributed by atoms with Crippen molar-refractivity contribution in [3.63, 3.8) is 0 Å². The molecule has 0 atom stereocenters. The summed E-state index contributed by atoms with van der Waals surface area (Å²) in [4.78, 5) is 15.9. The number of hydrogen-bond donors (Lipinski definition) is 0. The number of benzene rings is 9. The molecule has 1 aromatic heterocycles. The van der Waals surface area contributed by atoms with Crippen molar-refractivity contribution in [1.82, 2.24) is 15.0 Å². The van der Waals surface area contributed by atoms with E-state index in [1.165, 1.54) is 33.4 Å². The van der Waals surface area contributed by atoms with Crippen LogP contribution in [0.15, 0.2) is 224 Å². The normalized spacial score (nSPS) is 12.5. The third-order valence-corrected chi connectivity index (χ3v) is 11.8. The second-order valence-electron chi connectivity index (χ2n) is 15.1. The Bertz CT molecular complexity index is 3100. The topological polar surface area (TPSA) is 38.7 Å². The Morgan fingerprint density at radius 2 is 0.780 bits per heavy atom. The van der Waals surface area contributed by atoms with Crippen molar-refractivity contribution >= 4 is 10.8 Å². The van der Waals surface area contributed by atoms with E-state index in [1.54, 1.807) is 0 Å². The van der Waals surface area contributed by atoms with E-state index in [4.69, 9.17) is 15.0 Å². The van der Waals surface area contributed by atoms with Gasteiger partial charge < -0.3 is 0 Å². The quantitative estimate of drug-likeness (QED) is 0.163. The van der Waals surface area contributed by atoms with Gasteiger partial charge in [0.25, 0.3) is 0 Å². The first kappa shape index (κ1) is 34.5. The number of aromatic nitrogens is 3. The summed E-state index contributed by atoms with van der Waals surface area (Å²) in [6.07, 6.45) is 0. The molecule has 0 unspecified atom stereocenters. The van der Waals surface area contributed by atoms with Crippen LogP contribution in [0.4, 0.5) is 0 Å². The molecule has 0 saturated carbocycles. The maximum atomic E-state index is 5.41. The smallest absolute Gasteiger partial charge is 0.165 e. The number of fused-ring (bicyclic) bond motifs is 4. The predicted molar refractivity (Wildman–Crippen MR) is 242 cm³/mol. The van der Waals surface area contributed by atoms with Crippen molar-refractivity contribution in [2.75, 3.05) is 0 Å². The summed E-state index contributed by atoms with van der Waals surface area (Å²) in [5, 5.41) is 2.21. The lowest BCUT2D eigenvalue weighted by Gasteiger charge is -2.34. The summed E-state index contributed by atoms with van der Waals surface area (Å²) >= 11 is 0. The Morgan fingerprint density at radius 1 is 0.288 bits per heavy atom. The van der Waals surface area contributed by atoms with Crippen LogP contribution >= 0.6 is 0 Å². The third-order valence-electron chi connectivity index (χ3n) is 11.8. The molecule has 11 rings (SSSR count). The Hall–Kier alpha value is -7.75. The fourth-order valence-electron chi connectivity index (χ4n) is 9.26. The minimum absolute atomic E-state index is 0.522. The molecule has 3 nitrogen and oxygen atoms in total. The average molecular weight is 752 g/mol. The van der Waals surface area contributed by atoms with Crippen molar-refractivity contribution in [2.45, 2.75) is 5.41 Å². The van der Waals surface area contributed by atoms with Crippen molar-refractivity contribution in [1.29, 1.82) is 0 Å². The SMILES string of the molecule is c1ccc(-c2cccc(-c3nc(-c4ccccc4)nc(-c4c(-c5cccc6c5-c5ccccc5C6(c5ccccc5)c5ccccc5)ccc5ccccc45)n3)c2)cc1. The fraction of sp³-hybridized carbons (Fsp3) is 0.0179. The van der Waals surface area contributed by atoms with Crippen LogP contribution in [0.5, 0.6) is 0 Å². The Labute approximate surface area is 344 Å². The van der Waals surface area contributed by atoms with E-state index < -0.39 is 5.41 Å². The van der Waals surface area contributed by atoms with Crippen LogP contribution in [0, 0.1) is 0 Å². The summed E-state index contributed by atoms with van der Waals surface area (Å²) in [5.41, 5.74) is 14.2. The predicted octanol–water partition coefficient (Wildman–Crippen LogP) is 13.7. The van der Waals surface area contributed by atoms with Gasteiger partial charge in [0.1, 0.15) is 0 Å². The Balaban J connectivity index is 1.20. The van der Waals surface area contributed by atoms with Crippen molar-refractivity contribution < 1.29 is 0 Å². The molecule has 276 valence electrons. The summed E-state index contributed by atoms with van der Waals surface area (Å²) < 4.78 is 0. The molecule has 59 heavy (non-hydrogen) atoms. The van der Waals surface area contributed by atoms with Crippen LogP contribution in [0.25, 0.3) is 78.3 Å². The van der Waals surface area contributed by atoms with Gasteiger partial charge in [0.2, 0.25) is 0 Å². The zero-order chi connectivity index (χ0) is 39.2. The molecule has 0 spiro atoms. The maximum absolute atomic E-state index is 5.41. The van der Waals surface area contributed by atoms with Gasteiger partial charge in [-0.1, -0.05) is 218 Å². The van der Waals surface area contributed by atoms with Crippen LogP contribution in [0.2, 0.25) is 0 Å². The molecule has 0 fully saturated rings. The summed E-state index contributed by atoms with van der Waals surface area (Å²) in [6.45, 7) is 0.